The molecule has 1 saturated heterocycles. The monoisotopic (exact) mass is 221 g/mol. The second kappa shape index (κ2) is 4.14. The van der Waals surface area contributed by atoms with Crippen LogP contribution in [-0.4, -0.2) is 27.9 Å². The molecule has 0 radical (unpaired) electrons. The van der Waals surface area contributed by atoms with Crippen LogP contribution in [0.3, 0.4) is 0 Å². The largest absolute Gasteiger partial charge is 0.321 e. The Kier molecular flexibility index (Phi) is 2.65. The van der Waals surface area contributed by atoms with Crippen molar-refractivity contribution in [1.82, 2.24) is 20.1 Å². The highest BCUT2D eigenvalue weighted by Gasteiger charge is 2.23. The van der Waals surface area contributed by atoms with Gasteiger partial charge in [0.05, 0.1) is 6.04 Å². The maximum Gasteiger partial charge on any atom is 0.151 e. The number of rotatable bonds is 2. The summed E-state index contributed by atoms with van der Waals surface area (Å²) in [4.78, 5) is 4.59. The van der Waals surface area contributed by atoms with E-state index >= 15 is 0 Å². The lowest BCUT2D eigenvalue weighted by Crippen LogP contribution is -2.22. The van der Waals surface area contributed by atoms with Crippen LogP contribution in [-0.2, 0) is 13.0 Å². The molecule has 1 aromatic rings. The van der Waals surface area contributed by atoms with E-state index in [2.05, 4.69) is 15.4 Å². The van der Waals surface area contributed by atoms with Gasteiger partial charge in [0.15, 0.2) is 5.82 Å². The Bertz CT molecular complexity index is 366. The lowest BCUT2D eigenvalue weighted by Gasteiger charge is -2.17. The maximum absolute atomic E-state index is 6.03. The molecule has 5 nitrogen and oxygen atoms in total. The molecule has 1 fully saturated rings. The first-order valence-corrected chi connectivity index (χ1v) is 6.23. The van der Waals surface area contributed by atoms with Gasteiger partial charge in [0.1, 0.15) is 5.82 Å². The Morgan fingerprint density at radius 1 is 1.44 bits per heavy atom. The number of hydrogen-bond donors (Lipinski definition) is 2. The van der Waals surface area contributed by atoms with Crippen molar-refractivity contribution in [2.75, 3.05) is 13.1 Å². The summed E-state index contributed by atoms with van der Waals surface area (Å²) in [5.41, 5.74) is 6.03. The van der Waals surface area contributed by atoms with Gasteiger partial charge in [-0.15, -0.1) is 0 Å². The summed E-state index contributed by atoms with van der Waals surface area (Å²) in [6.07, 6.45) is 4.42. The van der Waals surface area contributed by atoms with E-state index in [1.54, 1.807) is 0 Å². The van der Waals surface area contributed by atoms with E-state index < -0.39 is 0 Å². The summed E-state index contributed by atoms with van der Waals surface area (Å²) in [7, 11) is 0. The van der Waals surface area contributed by atoms with Gasteiger partial charge in [-0.05, 0) is 38.3 Å². The molecule has 0 aliphatic carbocycles. The molecule has 3 heterocycles. The number of nitrogens with one attached hydrogen (secondary N) is 1. The van der Waals surface area contributed by atoms with E-state index in [-0.39, 0.29) is 6.04 Å². The number of aromatic nitrogens is 3. The SMILES string of the molecule is NC1CCCn2nc(CC3CCNC3)nc21. The second-order valence-electron chi connectivity index (χ2n) is 4.92. The zero-order valence-corrected chi connectivity index (χ0v) is 9.52. The predicted molar refractivity (Wildman–Crippen MR) is 60.9 cm³/mol. The van der Waals surface area contributed by atoms with Crippen molar-refractivity contribution >= 4 is 0 Å². The average molecular weight is 221 g/mol. The molecule has 0 saturated carbocycles. The molecule has 16 heavy (non-hydrogen) atoms. The van der Waals surface area contributed by atoms with E-state index in [1.807, 2.05) is 4.68 Å². The zero-order chi connectivity index (χ0) is 11.0. The van der Waals surface area contributed by atoms with E-state index in [0.29, 0.717) is 5.92 Å². The second-order valence-corrected chi connectivity index (χ2v) is 4.92. The molecule has 1 aromatic heterocycles. The summed E-state index contributed by atoms with van der Waals surface area (Å²) < 4.78 is 2.01. The third-order valence-corrected chi connectivity index (χ3v) is 3.59. The third kappa shape index (κ3) is 1.85. The van der Waals surface area contributed by atoms with Gasteiger partial charge in [-0.1, -0.05) is 0 Å². The van der Waals surface area contributed by atoms with Crippen molar-refractivity contribution in [3.05, 3.63) is 11.6 Å². The normalized spacial score (nSPS) is 29.3. The Morgan fingerprint density at radius 2 is 2.38 bits per heavy atom. The van der Waals surface area contributed by atoms with Crippen molar-refractivity contribution in [3.63, 3.8) is 0 Å². The molecule has 0 spiro atoms. The zero-order valence-electron chi connectivity index (χ0n) is 9.52. The van der Waals surface area contributed by atoms with Gasteiger partial charge in [0.2, 0.25) is 0 Å². The van der Waals surface area contributed by atoms with Crippen LogP contribution in [0, 0.1) is 5.92 Å². The summed E-state index contributed by atoms with van der Waals surface area (Å²) >= 11 is 0. The van der Waals surface area contributed by atoms with Gasteiger partial charge in [0, 0.05) is 13.0 Å². The molecule has 0 bridgehead atoms. The lowest BCUT2D eigenvalue weighted by molar-refractivity contribution is 0.421. The Balaban J connectivity index is 1.75. The first-order chi connectivity index (χ1) is 7.83. The molecule has 2 atom stereocenters. The fraction of sp³-hybridized carbons (Fsp3) is 0.818. The minimum absolute atomic E-state index is 0.0942. The smallest absolute Gasteiger partial charge is 0.151 e. The first-order valence-electron chi connectivity index (χ1n) is 6.23. The summed E-state index contributed by atoms with van der Waals surface area (Å²) in [6, 6.07) is 0.0942. The van der Waals surface area contributed by atoms with E-state index in [9.17, 15) is 0 Å². The Hall–Kier alpha value is -0.940. The number of nitrogens with two attached hydrogens (primary N) is 1. The predicted octanol–water partition coefficient (Wildman–Crippen LogP) is 0.224. The quantitative estimate of drug-likeness (QED) is 0.750. The van der Waals surface area contributed by atoms with Gasteiger partial charge >= 0.3 is 0 Å². The van der Waals surface area contributed by atoms with Gasteiger partial charge in [0.25, 0.3) is 0 Å². The van der Waals surface area contributed by atoms with Crippen molar-refractivity contribution < 1.29 is 0 Å². The highest BCUT2D eigenvalue weighted by Crippen LogP contribution is 2.21. The van der Waals surface area contributed by atoms with Crippen molar-refractivity contribution in [2.45, 2.75) is 38.3 Å². The lowest BCUT2D eigenvalue weighted by atomic mass is 10.1. The van der Waals surface area contributed by atoms with Gasteiger partial charge in [-0.2, -0.15) is 5.10 Å². The van der Waals surface area contributed by atoms with Crippen molar-refractivity contribution in [3.8, 4) is 0 Å². The number of nitrogens with zero attached hydrogens (tertiary/aromatic N) is 3. The molecule has 2 aliphatic rings. The van der Waals surface area contributed by atoms with Gasteiger partial charge in [-0.25, -0.2) is 9.67 Å². The summed E-state index contributed by atoms with van der Waals surface area (Å²) in [5, 5.41) is 7.94. The molecule has 0 aromatic carbocycles. The van der Waals surface area contributed by atoms with Crippen molar-refractivity contribution in [2.24, 2.45) is 11.7 Å². The number of fused-ring (bicyclic) bond motifs is 1. The molecular weight excluding hydrogens is 202 g/mol. The molecule has 88 valence electrons. The van der Waals surface area contributed by atoms with Crippen LogP contribution in [0.5, 0.6) is 0 Å². The molecule has 3 N–H and O–H groups in total. The van der Waals surface area contributed by atoms with Crippen LogP contribution in [0.1, 0.15) is 37.0 Å². The van der Waals surface area contributed by atoms with E-state index in [0.717, 1.165) is 50.5 Å². The van der Waals surface area contributed by atoms with E-state index in [1.165, 1.54) is 6.42 Å². The summed E-state index contributed by atoms with van der Waals surface area (Å²) in [5.74, 6) is 2.69. The fourth-order valence-corrected chi connectivity index (χ4v) is 2.67. The van der Waals surface area contributed by atoms with Crippen LogP contribution in [0.2, 0.25) is 0 Å². The van der Waals surface area contributed by atoms with Gasteiger partial charge in [-0.3, -0.25) is 0 Å². The van der Waals surface area contributed by atoms with Crippen LogP contribution < -0.4 is 11.1 Å². The highest BCUT2D eigenvalue weighted by molar-refractivity contribution is 5.02. The molecule has 2 unspecified atom stereocenters. The van der Waals surface area contributed by atoms with Gasteiger partial charge < -0.3 is 11.1 Å². The molecule has 3 rings (SSSR count). The minimum Gasteiger partial charge on any atom is -0.321 e. The Labute approximate surface area is 95.4 Å². The topological polar surface area (TPSA) is 68.8 Å². The fourth-order valence-electron chi connectivity index (χ4n) is 2.67. The third-order valence-electron chi connectivity index (χ3n) is 3.59. The Morgan fingerprint density at radius 3 is 3.12 bits per heavy atom. The maximum atomic E-state index is 6.03. The van der Waals surface area contributed by atoms with Crippen LogP contribution in [0.4, 0.5) is 0 Å². The molecule has 2 aliphatic heterocycles. The molecule has 0 amide bonds. The highest BCUT2D eigenvalue weighted by atomic mass is 15.4. The molecular formula is C11H19N5. The minimum atomic E-state index is 0.0942. The van der Waals surface area contributed by atoms with Crippen LogP contribution in [0.25, 0.3) is 0 Å². The first kappa shape index (κ1) is 10.2. The number of aryl methyl sites for hydroxylation is 1. The standard InChI is InChI=1S/C11H19N5/c12-9-2-1-5-16-11(9)14-10(15-16)6-8-3-4-13-7-8/h8-9,13H,1-7,12H2. The van der Waals surface area contributed by atoms with Crippen LogP contribution >= 0.6 is 0 Å². The van der Waals surface area contributed by atoms with Crippen LogP contribution in [0.15, 0.2) is 0 Å². The number of hydrogen-bond acceptors (Lipinski definition) is 4. The summed E-state index contributed by atoms with van der Waals surface area (Å²) in [6.45, 7) is 3.23. The molecule has 5 heteroatoms. The van der Waals surface area contributed by atoms with E-state index in [4.69, 9.17) is 5.73 Å². The van der Waals surface area contributed by atoms with Crippen molar-refractivity contribution in [1.29, 1.82) is 0 Å². The average Bonchev–Trinajstić information content (AvgIpc) is 2.88.